The molecule has 3 nitrogen and oxygen atoms in total. The average Bonchev–Trinajstić information content (AvgIpc) is 2.62. The van der Waals surface area contributed by atoms with Crippen LogP contribution in [0.1, 0.15) is 45.4 Å². The van der Waals surface area contributed by atoms with Crippen LogP contribution in [0.5, 0.6) is 0 Å². The third-order valence-corrected chi connectivity index (χ3v) is 4.39. The monoisotopic (exact) mass is 508 g/mol. The van der Waals surface area contributed by atoms with Gasteiger partial charge in [-0.3, -0.25) is 4.18 Å². The fraction of sp³-hybridized carbons (Fsp3) is 0.400. The Hall–Kier alpha value is -0.570. The second kappa shape index (κ2) is 15.5. The molecule has 2 rings (SSSR count). The molecule has 0 fully saturated rings. The van der Waals surface area contributed by atoms with Crippen molar-refractivity contribution in [1.82, 2.24) is 0 Å². The SMILES string of the molecule is CCCCCCCCOS(=O)(=O)S.I.c1ccc(-c2ccccc2)cc1. The summed E-state index contributed by atoms with van der Waals surface area (Å²) in [7, 11) is -3.53. The summed E-state index contributed by atoms with van der Waals surface area (Å²) in [4.78, 5) is 0. The van der Waals surface area contributed by atoms with Crippen LogP contribution in [0.25, 0.3) is 11.1 Å². The van der Waals surface area contributed by atoms with Crippen molar-refractivity contribution in [3.63, 3.8) is 0 Å². The summed E-state index contributed by atoms with van der Waals surface area (Å²) < 4.78 is 25.3. The highest BCUT2D eigenvalue weighted by atomic mass is 127. The Kier molecular flexibility index (Phi) is 15.1. The summed E-state index contributed by atoms with van der Waals surface area (Å²) >= 11 is 3.26. The van der Waals surface area contributed by atoms with E-state index in [-0.39, 0.29) is 30.6 Å². The van der Waals surface area contributed by atoms with Crippen molar-refractivity contribution >= 4 is 44.8 Å². The number of rotatable bonds is 9. The van der Waals surface area contributed by atoms with E-state index in [1.165, 1.54) is 30.4 Å². The fourth-order valence-electron chi connectivity index (χ4n) is 2.31. The molecule has 146 valence electrons. The second-order valence-electron chi connectivity index (χ2n) is 5.75. The number of hydrogen-bond donors (Lipinski definition) is 1. The van der Waals surface area contributed by atoms with E-state index in [1.807, 2.05) is 12.1 Å². The molecule has 0 radical (unpaired) electrons. The van der Waals surface area contributed by atoms with Crippen LogP contribution >= 0.6 is 35.6 Å². The normalized spacial score (nSPS) is 10.4. The summed E-state index contributed by atoms with van der Waals surface area (Å²) in [5.74, 6) is 0. The zero-order chi connectivity index (χ0) is 18.4. The highest BCUT2D eigenvalue weighted by molar-refractivity contribution is 14.0. The molecule has 0 amide bonds. The lowest BCUT2D eigenvalue weighted by Gasteiger charge is -2.00. The third kappa shape index (κ3) is 13.6. The van der Waals surface area contributed by atoms with E-state index in [9.17, 15) is 8.42 Å². The van der Waals surface area contributed by atoms with Crippen molar-refractivity contribution in [2.24, 2.45) is 0 Å². The smallest absolute Gasteiger partial charge is 0.262 e. The molecular formula is C20H29IO3S2. The minimum absolute atomic E-state index is 0. The molecule has 2 aromatic carbocycles. The van der Waals surface area contributed by atoms with Crippen LogP contribution in [-0.2, 0) is 13.3 Å². The topological polar surface area (TPSA) is 43.4 Å². The van der Waals surface area contributed by atoms with Crippen LogP contribution in [0.15, 0.2) is 60.7 Å². The van der Waals surface area contributed by atoms with Gasteiger partial charge in [-0.1, -0.05) is 99.7 Å². The fourth-order valence-corrected chi connectivity index (χ4v) is 2.86. The largest absolute Gasteiger partial charge is 0.319 e. The molecule has 0 bridgehead atoms. The van der Waals surface area contributed by atoms with Crippen molar-refractivity contribution in [3.05, 3.63) is 60.7 Å². The summed E-state index contributed by atoms with van der Waals surface area (Å²) in [6.07, 6.45) is 6.69. The molecule has 2 aromatic rings. The molecule has 0 aliphatic heterocycles. The highest BCUT2D eigenvalue weighted by Gasteiger charge is 2.01. The lowest BCUT2D eigenvalue weighted by atomic mass is 10.1. The first-order valence-electron chi connectivity index (χ1n) is 8.75. The predicted octanol–water partition coefficient (Wildman–Crippen LogP) is 6.51. The Balaban J connectivity index is 0.000000463. The Morgan fingerprint density at radius 1 is 0.769 bits per heavy atom. The molecule has 0 atom stereocenters. The standard InChI is InChI=1S/C12H10.C8H18O3S2.HI/c1-3-7-11(8-4-1)12-9-5-2-6-10-12;1-2-3-4-5-6-7-8-11-13(9,10)12;/h1-10H;2-8H2,1H3,(H,9,10,12);1H. The van der Waals surface area contributed by atoms with Crippen molar-refractivity contribution < 1.29 is 12.6 Å². The first-order valence-corrected chi connectivity index (χ1v) is 11.2. The molecule has 0 spiro atoms. The van der Waals surface area contributed by atoms with E-state index < -0.39 is 9.15 Å². The maximum Gasteiger partial charge on any atom is 0.319 e. The van der Waals surface area contributed by atoms with Gasteiger partial charge in [0.25, 0.3) is 0 Å². The van der Waals surface area contributed by atoms with E-state index in [1.54, 1.807) is 0 Å². The Morgan fingerprint density at radius 3 is 1.62 bits per heavy atom. The number of thiol groups is 1. The Labute approximate surface area is 180 Å². The van der Waals surface area contributed by atoms with E-state index >= 15 is 0 Å². The molecule has 0 aromatic heterocycles. The molecule has 0 N–H and O–H groups in total. The molecule has 0 aliphatic carbocycles. The Morgan fingerprint density at radius 2 is 1.19 bits per heavy atom. The van der Waals surface area contributed by atoms with Crippen molar-refractivity contribution in [1.29, 1.82) is 0 Å². The van der Waals surface area contributed by atoms with Gasteiger partial charge in [-0.2, -0.15) is 8.42 Å². The van der Waals surface area contributed by atoms with Gasteiger partial charge in [0, 0.05) is 0 Å². The van der Waals surface area contributed by atoms with Crippen molar-refractivity contribution in [3.8, 4) is 11.1 Å². The minimum atomic E-state index is -3.53. The maximum atomic E-state index is 10.4. The molecule has 6 heteroatoms. The first-order chi connectivity index (χ1) is 12.0. The lowest BCUT2D eigenvalue weighted by molar-refractivity contribution is 0.316. The number of halogens is 1. The molecule has 0 unspecified atom stereocenters. The van der Waals surface area contributed by atoms with Gasteiger partial charge in [-0.25, -0.2) is 0 Å². The Bertz CT molecular complexity index is 624. The highest BCUT2D eigenvalue weighted by Crippen LogP contribution is 2.17. The van der Waals surface area contributed by atoms with Gasteiger partial charge < -0.3 is 0 Å². The molecule has 26 heavy (non-hydrogen) atoms. The van der Waals surface area contributed by atoms with E-state index in [0.717, 1.165) is 19.3 Å². The molecular weight excluding hydrogens is 479 g/mol. The maximum absolute atomic E-state index is 10.4. The van der Waals surface area contributed by atoms with Crippen LogP contribution in [0.3, 0.4) is 0 Å². The van der Waals surface area contributed by atoms with Gasteiger partial charge in [0.1, 0.15) is 0 Å². The number of hydrogen-bond acceptors (Lipinski definition) is 3. The van der Waals surface area contributed by atoms with E-state index in [2.05, 4.69) is 71.3 Å². The van der Waals surface area contributed by atoms with Gasteiger partial charge in [-0.05, 0) is 29.2 Å². The minimum Gasteiger partial charge on any atom is -0.262 e. The van der Waals surface area contributed by atoms with Gasteiger partial charge in [0.15, 0.2) is 0 Å². The van der Waals surface area contributed by atoms with Crippen LogP contribution in [0, 0.1) is 0 Å². The summed E-state index contributed by atoms with van der Waals surface area (Å²) in [5, 5.41) is 0. The van der Waals surface area contributed by atoms with Gasteiger partial charge >= 0.3 is 9.15 Å². The molecule has 0 saturated carbocycles. The molecule has 0 aliphatic rings. The van der Waals surface area contributed by atoms with Crippen LogP contribution in [-0.4, -0.2) is 15.0 Å². The van der Waals surface area contributed by atoms with Crippen LogP contribution < -0.4 is 0 Å². The van der Waals surface area contributed by atoms with Gasteiger partial charge in [-0.15, -0.1) is 24.0 Å². The van der Waals surface area contributed by atoms with Gasteiger partial charge in [0.2, 0.25) is 0 Å². The second-order valence-corrected chi connectivity index (χ2v) is 8.18. The quantitative estimate of drug-likeness (QED) is 0.182. The van der Waals surface area contributed by atoms with Crippen molar-refractivity contribution in [2.75, 3.05) is 6.61 Å². The number of benzene rings is 2. The van der Waals surface area contributed by atoms with E-state index in [0.29, 0.717) is 0 Å². The zero-order valence-corrected chi connectivity index (χ0v) is 19.3. The lowest BCUT2D eigenvalue weighted by Crippen LogP contribution is -1.99. The summed E-state index contributed by atoms with van der Waals surface area (Å²) in [6, 6.07) is 20.8. The zero-order valence-electron chi connectivity index (χ0n) is 15.2. The van der Waals surface area contributed by atoms with Crippen LogP contribution in [0.2, 0.25) is 0 Å². The first kappa shape index (κ1) is 25.4. The molecule has 0 saturated heterocycles. The third-order valence-electron chi connectivity index (χ3n) is 3.61. The van der Waals surface area contributed by atoms with Gasteiger partial charge in [0.05, 0.1) is 6.61 Å². The summed E-state index contributed by atoms with van der Waals surface area (Å²) in [6.45, 7) is 2.43. The predicted molar refractivity (Wildman–Crippen MR) is 125 cm³/mol. The molecule has 0 heterocycles. The van der Waals surface area contributed by atoms with Crippen molar-refractivity contribution in [2.45, 2.75) is 45.4 Å². The summed E-state index contributed by atoms with van der Waals surface area (Å²) in [5.41, 5.74) is 2.55. The number of unbranched alkanes of at least 4 members (excludes halogenated alkanes) is 5. The van der Waals surface area contributed by atoms with Crippen LogP contribution in [0.4, 0.5) is 0 Å². The average molecular weight is 508 g/mol. The van der Waals surface area contributed by atoms with E-state index in [4.69, 9.17) is 0 Å².